The van der Waals surface area contributed by atoms with Gasteiger partial charge in [-0.15, -0.1) is 0 Å². The maximum atomic E-state index is 11.2. The molecule has 2 saturated carbocycles. The van der Waals surface area contributed by atoms with Gasteiger partial charge in [0.1, 0.15) is 0 Å². The highest BCUT2D eigenvalue weighted by Crippen LogP contribution is 2.37. The van der Waals surface area contributed by atoms with Gasteiger partial charge in [0, 0.05) is 12.8 Å². The van der Waals surface area contributed by atoms with E-state index >= 15 is 0 Å². The molecule has 2 fully saturated rings. The Morgan fingerprint density at radius 2 is 1.23 bits per heavy atom. The van der Waals surface area contributed by atoms with E-state index in [0.717, 1.165) is 24.7 Å². The van der Waals surface area contributed by atoms with Crippen LogP contribution in [0.4, 0.5) is 0 Å². The molecule has 0 N–H and O–H groups in total. The molecule has 0 spiro atoms. The lowest BCUT2D eigenvalue weighted by molar-refractivity contribution is -0.136. The van der Waals surface area contributed by atoms with Crippen molar-refractivity contribution in [2.24, 2.45) is 11.8 Å². The van der Waals surface area contributed by atoms with Gasteiger partial charge in [0.25, 0.3) is 0 Å². The highest BCUT2D eigenvalue weighted by Gasteiger charge is 2.28. The topological polar surface area (TPSA) is 34.1 Å². The SMILES string of the molecule is O=C1CCC2CCC(CCC1=O)C2. The molecule has 0 aromatic rings. The molecule has 0 saturated heterocycles. The van der Waals surface area contributed by atoms with E-state index in [1.54, 1.807) is 0 Å². The zero-order chi connectivity index (χ0) is 9.26. The van der Waals surface area contributed by atoms with Crippen LogP contribution in [0.5, 0.6) is 0 Å². The van der Waals surface area contributed by atoms with Gasteiger partial charge in [0.05, 0.1) is 0 Å². The molecule has 2 nitrogen and oxygen atoms in total. The lowest BCUT2D eigenvalue weighted by atomic mass is 9.99. The predicted molar refractivity (Wildman–Crippen MR) is 49.3 cm³/mol. The van der Waals surface area contributed by atoms with Crippen LogP contribution >= 0.6 is 0 Å². The molecule has 0 radical (unpaired) electrons. The fraction of sp³-hybridized carbons (Fsp3) is 0.818. The van der Waals surface area contributed by atoms with Crippen LogP contribution in [0.2, 0.25) is 0 Å². The van der Waals surface area contributed by atoms with E-state index in [2.05, 4.69) is 0 Å². The van der Waals surface area contributed by atoms with Crippen LogP contribution in [-0.4, -0.2) is 11.6 Å². The van der Waals surface area contributed by atoms with E-state index in [0.29, 0.717) is 12.8 Å². The summed E-state index contributed by atoms with van der Waals surface area (Å²) in [6, 6.07) is 0. The summed E-state index contributed by atoms with van der Waals surface area (Å²) in [4.78, 5) is 22.5. The number of fused-ring (bicyclic) bond motifs is 2. The van der Waals surface area contributed by atoms with E-state index < -0.39 is 0 Å². The van der Waals surface area contributed by atoms with Crippen molar-refractivity contribution in [2.75, 3.05) is 0 Å². The van der Waals surface area contributed by atoms with Crippen LogP contribution in [0.15, 0.2) is 0 Å². The van der Waals surface area contributed by atoms with Crippen molar-refractivity contribution < 1.29 is 9.59 Å². The van der Waals surface area contributed by atoms with Gasteiger partial charge >= 0.3 is 0 Å². The number of rotatable bonds is 0. The van der Waals surface area contributed by atoms with Crippen molar-refractivity contribution in [2.45, 2.75) is 44.9 Å². The first-order chi connectivity index (χ1) is 6.25. The molecular formula is C11H16O2. The first-order valence-electron chi connectivity index (χ1n) is 5.31. The third kappa shape index (κ3) is 1.98. The highest BCUT2D eigenvalue weighted by molar-refractivity contribution is 6.37. The van der Waals surface area contributed by atoms with Gasteiger partial charge in [0.2, 0.25) is 0 Å². The summed E-state index contributed by atoms with van der Waals surface area (Å²) in [5.41, 5.74) is 0. The molecule has 2 heteroatoms. The Morgan fingerprint density at radius 1 is 0.769 bits per heavy atom. The minimum atomic E-state index is -0.118. The molecule has 2 unspecified atom stereocenters. The van der Waals surface area contributed by atoms with E-state index in [1.807, 2.05) is 0 Å². The number of ketones is 2. The van der Waals surface area contributed by atoms with Crippen molar-refractivity contribution in [3.63, 3.8) is 0 Å². The Balaban J connectivity index is 2.02. The van der Waals surface area contributed by atoms with Crippen LogP contribution in [0.3, 0.4) is 0 Å². The average molecular weight is 180 g/mol. The standard InChI is InChI=1S/C11H16O2/c12-10-5-3-8-1-2-9(7-8)4-6-11(10)13/h8-9H,1-7H2. The molecule has 0 aromatic carbocycles. The molecule has 0 aromatic heterocycles. The monoisotopic (exact) mass is 180 g/mol. The predicted octanol–water partition coefficient (Wildman–Crippen LogP) is 2.11. The molecule has 2 atom stereocenters. The second kappa shape index (κ2) is 3.60. The molecule has 0 amide bonds. The highest BCUT2D eigenvalue weighted by atomic mass is 16.2. The lowest BCUT2D eigenvalue weighted by Crippen LogP contribution is -2.14. The van der Waals surface area contributed by atoms with Crippen molar-refractivity contribution in [1.29, 1.82) is 0 Å². The van der Waals surface area contributed by atoms with Gasteiger partial charge in [-0.3, -0.25) is 9.59 Å². The second-order valence-electron chi connectivity index (χ2n) is 4.47. The molecule has 72 valence electrons. The van der Waals surface area contributed by atoms with Crippen molar-refractivity contribution >= 4 is 11.6 Å². The molecule has 13 heavy (non-hydrogen) atoms. The number of hydrogen-bond acceptors (Lipinski definition) is 2. The van der Waals surface area contributed by atoms with E-state index in [4.69, 9.17) is 0 Å². The van der Waals surface area contributed by atoms with Gasteiger partial charge in [0.15, 0.2) is 11.6 Å². The number of carbonyl (C=O) groups excluding carboxylic acids is 2. The number of Topliss-reactive ketones (excluding diaryl/α,β-unsaturated/α-hetero) is 2. The molecule has 0 heterocycles. The molecule has 2 aliphatic rings. The van der Waals surface area contributed by atoms with Gasteiger partial charge < -0.3 is 0 Å². The second-order valence-corrected chi connectivity index (χ2v) is 4.47. The van der Waals surface area contributed by atoms with Crippen LogP contribution in [0, 0.1) is 11.8 Å². The Labute approximate surface area is 78.7 Å². The van der Waals surface area contributed by atoms with E-state index in [9.17, 15) is 9.59 Å². The Morgan fingerprint density at radius 3 is 1.69 bits per heavy atom. The van der Waals surface area contributed by atoms with Crippen LogP contribution in [-0.2, 0) is 9.59 Å². The van der Waals surface area contributed by atoms with Crippen molar-refractivity contribution in [1.82, 2.24) is 0 Å². The first-order valence-corrected chi connectivity index (χ1v) is 5.31. The van der Waals surface area contributed by atoms with Crippen LogP contribution in [0.1, 0.15) is 44.9 Å². The van der Waals surface area contributed by atoms with E-state index in [-0.39, 0.29) is 11.6 Å². The summed E-state index contributed by atoms with van der Waals surface area (Å²) < 4.78 is 0. The maximum absolute atomic E-state index is 11.2. The van der Waals surface area contributed by atoms with Gasteiger partial charge in [-0.2, -0.15) is 0 Å². The third-order valence-corrected chi connectivity index (χ3v) is 3.52. The summed E-state index contributed by atoms with van der Waals surface area (Å²) in [7, 11) is 0. The molecule has 2 rings (SSSR count). The summed E-state index contributed by atoms with van der Waals surface area (Å²) in [5, 5.41) is 0. The minimum Gasteiger partial charge on any atom is -0.291 e. The largest absolute Gasteiger partial charge is 0.291 e. The summed E-state index contributed by atoms with van der Waals surface area (Å²) in [5.74, 6) is 1.24. The Bertz CT molecular complexity index is 208. The van der Waals surface area contributed by atoms with Crippen LogP contribution < -0.4 is 0 Å². The number of hydrogen-bond donors (Lipinski definition) is 0. The molecular weight excluding hydrogens is 164 g/mol. The fourth-order valence-electron chi connectivity index (χ4n) is 2.65. The Hall–Kier alpha value is -0.660. The molecule has 2 bridgehead atoms. The van der Waals surface area contributed by atoms with Gasteiger partial charge in [-0.05, 0) is 31.1 Å². The van der Waals surface area contributed by atoms with Crippen molar-refractivity contribution in [3.05, 3.63) is 0 Å². The molecule has 2 aliphatic carbocycles. The van der Waals surface area contributed by atoms with E-state index in [1.165, 1.54) is 19.3 Å². The fourth-order valence-corrected chi connectivity index (χ4v) is 2.65. The van der Waals surface area contributed by atoms with Crippen molar-refractivity contribution in [3.8, 4) is 0 Å². The first kappa shape index (κ1) is 8.92. The summed E-state index contributed by atoms with van der Waals surface area (Å²) in [6.45, 7) is 0. The average Bonchev–Trinajstić information content (AvgIpc) is 2.58. The minimum absolute atomic E-state index is 0.118. The zero-order valence-electron chi connectivity index (χ0n) is 7.92. The summed E-state index contributed by atoms with van der Waals surface area (Å²) in [6.07, 6.45) is 6.77. The smallest absolute Gasteiger partial charge is 0.198 e. The van der Waals surface area contributed by atoms with Gasteiger partial charge in [-0.1, -0.05) is 12.8 Å². The quantitative estimate of drug-likeness (QED) is 0.535. The lowest BCUT2D eigenvalue weighted by Gasteiger charge is -2.06. The van der Waals surface area contributed by atoms with Crippen LogP contribution in [0.25, 0.3) is 0 Å². The third-order valence-electron chi connectivity index (χ3n) is 3.52. The molecule has 0 aliphatic heterocycles. The summed E-state index contributed by atoms with van der Waals surface area (Å²) >= 11 is 0. The van der Waals surface area contributed by atoms with Gasteiger partial charge in [-0.25, -0.2) is 0 Å². The number of carbonyl (C=O) groups is 2. The maximum Gasteiger partial charge on any atom is 0.198 e. The zero-order valence-corrected chi connectivity index (χ0v) is 7.92. The normalized spacial score (nSPS) is 35.4. The Kier molecular flexibility index (Phi) is 2.47.